The quantitative estimate of drug-likeness (QED) is 0.393. The van der Waals surface area contributed by atoms with Crippen LogP contribution in [-0.4, -0.2) is 22.4 Å². The van der Waals surface area contributed by atoms with Gasteiger partial charge in [-0.05, 0) is 48.0 Å². The molecule has 7 nitrogen and oxygen atoms in total. The Morgan fingerprint density at radius 3 is 2.76 bits per heavy atom. The van der Waals surface area contributed by atoms with Crippen LogP contribution in [0.15, 0.2) is 60.9 Å². The summed E-state index contributed by atoms with van der Waals surface area (Å²) in [5.74, 6) is 0.894. The van der Waals surface area contributed by atoms with E-state index in [1.807, 2.05) is 24.3 Å². The molecule has 1 fully saturated rings. The minimum absolute atomic E-state index is 0.00457. The highest BCUT2D eigenvalue weighted by Gasteiger charge is 2.32. The van der Waals surface area contributed by atoms with E-state index in [-0.39, 0.29) is 17.6 Å². The van der Waals surface area contributed by atoms with Crippen molar-refractivity contribution in [3.05, 3.63) is 82.1 Å². The summed E-state index contributed by atoms with van der Waals surface area (Å²) in [6, 6.07) is 17.9. The standard InChI is InChI=1S/C25H17Cl2N5O2/c26-19-6-4-14(8-22(19)34-24-15(11-28)2-1-3-20(24)27)16-9-23(33)32(12-16)17-5-7-21-18(10-17)25(29)31-13-30-21/h1-8,10,13,16H,9,12H2,(H2,29,30,31)/t16-/m0/s1. The van der Waals surface area contributed by atoms with E-state index in [2.05, 4.69) is 16.0 Å². The number of nitrogens with two attached hydrogens (primary N) is 1. The normalized spacial score (nSPS) is 15.5. The zero-order valence-electron chi connectivity index (χ0n) is 17.7. The number of fused-ring (bicyclic) bond motifs is 1. The third-order valence-corrected chi connectivity index (χ3v) is 6.42. The number of aromatic nitrogens is 2. The van der Waals surface area contributed by atoms with Crippen molar-refractivity contribution in [3.63, 3.8) is 0 Å². The van der Waals surface area contributed by atoms with Crippen LogP contribution >= 0.6 is 23.2 Å². The van der Waals surface area contributed by atoms with Crippen molar-refractivity contribution in [2.45, 2.75) is 12.3 Å². The van der Waals surface area contributed by atoms with E-state index in [0.717, 1.165) is 16.8 Å². The number of halogens is 2. The van der Waals surface area contributed by atoms with Gasteiger partial charge in [0.05, 0.1) is 21.1 Å². The van der Waals surface area contributed by atoms with Crippen molar-refractivity contribution < 1.29 is 9.53 Å². The van der Waals surface area contributed by atoms with Crippen molar-refractivity contribution in [3.8, 4) is 17.6 Å². The number of anilines is 2. The Bertz CT molecular complexity index is 1480. The second-order valence-corrected chi connectivity index (χ2v) is 8.70. The van der Waals surface area contributed by atoms with Gasteiger partial charge in [-0.3, -0.25) is 4.79 Å². The first-order valence-electron chi connectivity index (χ1n) is 10.4. The molecule has 2 heterocycles. The van der Waals surface area contributed by atoms with Crippen LogP contribution in [0.1, 0.15) is 23.5 Å². The smallest absolute Gasteiger partial charge is 0.227 e. The summed E-state index contributed by atoms with van der Waals surface area (Å²) in [5.41, 5.74) is 8.64. The molecule has 5 rings (SSSR count). The molecule has 4 aromatic rings. The maximum atomic E-state index is 12.9. The van der Waals surface area contributed by atoms with Gasteiger partial charge in [0.2, 0.25) is 5.91 Å². The largest absolute Gasteiger partial charge is 0.453 e. The summed E-state index contributed by atoms with van der Waals surface area (Å²) >= 11 is 12.6. The van der Waals surface area contributed by atoms with Gasteiger partial charge in [0.1, 0.15) is 24.0 Å². The number of nitrogens with zero attached hydrogens (tertiary/aromatic N) is 4. The van der Waals surface area contributed by atoms with Gasteiger partial charge in [-0.15, -0.1) is 0 Å². The number of carbonyl (C=O) groups excluding carboxylic acids is 1. The monoisotopic (exact) mass is 489 g/mol. The summed E-state index contributed by atoms with van der Waals surface area (Å²) in [6.07, 6.45) is 1.74. The maximum Gasteiger partial charge on any atom is 0.227 e. The molecule has 0 unspecified atom stereocenters. The average molecular weight is 490 g/mol. The highest BCUT2D eigenvalue weighted by atomic mass is 35.5. The minimum atomic E-state index is -0.0751. The SMILES string of the molecule is N#Cc1cccc(Cl)c1Oc1cc([C@H]2CC(=O)N(c3ccc4ncnc(N)c4c3)C2)ccc1Cl. The molecule has 168 valence electrons. The summed E-state index contributed by atoms with van der Waals surface area (Å²) < 4.78 is 5.95. The number of nitrogen functional groups attached to an aromatic ring is 1. The molecule has 1 atom stereocenters. The molecule has 0 aliphatic carbocycles. The average Bonchev–Trinajstić information content (AvgIpc) is 3.23. The number of amides is 1. The fraction of sp³-hybridized carbons (Fsp3) is 0.120. The fourth-order valence-electron chi connectivity index (χ4n) is 4.08. The third-order valence-electron chi connectivity index (χ3n) is 5.81. The van der Waals surface area contributed by atoms with E-state index in [0.29, 0.717) is 45.5 Å². The lowest BCUT2D eigenvalue weighted by atomic mass is 9.98. The number of hydrogen-bond donors (Lipinski definition) is 1. The lowest BCUT2D eigenvalue weighted by Gasteiger charge is -2.18. The van der Waals surface area contributed by atoms with E-state index >= 15 is 0 Å². The summed E-state index contributed by atoms with van der Waals surface area (Å²) in [4.78, 5) is 22.9. The first-order chi connectivity index (χ1) is 16.4. The molecule has 1 aliphatic heterocycles. The topological polar surface area (TPSA) is 105 Å². The van der Waals surface area contributed by atoms with E-state index in [4.69, 9.17) is 33.7 Å². The van der Waals surface area contributed by atoms with Crippen LogP contribution < -0.4 is 15.4 Å². The van der Waals surface area contributed by atoms with Crippen molar-refractivity contribution in [1.82, 2.24) is 9.97 Å². The van der Waals surface area contributed by atoms with Crippen LogP contribution in [0.4, 0.5) is 11.5 Å². The minimum Gasteiger partial charge on any atom is -0.453 e. The van der Waals surface area contributed by atoms with E-state index < -0.39 is 0 Å². The Morgan fingerprint density at radius 1 is 1.09 bits per heavy atom. The number of para-hydroxylation sites is 1. The molecule has 3 aromatic carbocycles. The maximum absolute atomic E-state index is 12.9. The first kappa shape index (κ1) is 22.0. The van der Waals surface area contributed by atoms with Crippen LogP contribution in [0.2, 0.25) is 10.0 Å². The second-order valence-electron chi connectivity index (χ2n) is 7.89. The first-order valence-corrected chi connectivity index (χ1v) is 11.2. The molecule has 1 amide bonds. The lowest BCUT2D eigenvalue weighted by molar-refractivity contribution is -0.117. The number of carbonyl (C=O) groups is 1. The van der Waals surface area contributed by atoms with Gasteiger partial charge in [0.15, 0.2) is 5.75 Å². The number of benzene rings is 3. The van der Waals surface area contributed by atoms with Gasteiger partial charge >= 0.3 is 0 Å². The van der Waals surface area contributed by atoms with Gasteiger partial charge in [0, 0.05) is 30.0 Å². The molecule has 34 heavy (non-hydrogen) atoms. The van der Waals surface area contributed by atoms with Crippen LogP contribution in [0.5, 0.6) is 11.5 Å². The van der Waals surface area contributed by atoms with E-state index in [1.165, 1.54) is 6.33 Å². The summed E-state index contributed by atoms with van der Waals surface area (Å²) in [6.45, 7) is 0.481. The van der Waals surface area contributed by atoms with Crippen molar-refractivity contribution in [2.24, 2.45) is 0 Å². The van der Waals surface area contributed by atoms with Crippen molar-refractivity contribution >= 4 is 51.5 Å². The van der Waals surface area contributed by atoms with Crippen LogP contribution in [-0.2, 0) is 4.79 Å². The molecule has 2 N–H and O–H groups in total. The third kappa shape index (κ3) is 3.98. The Kier molecular flexibility index (Phi) is 5.70. The van der Waals surface area contributed by atoms with Gasteiger partial charge in [0.25, 0.3) is 0 Å². The molecular weight excluding hydrogens is 473 g/mol. The van der Waals surface area contributed by atoms with E-state index in [9.17, 15) is 10.1 Å². The molecule has 0 bridgehead atoms. The van der Waals surface area contributed by atoms with E-state index in [1.54, 1.807) is 35.2 Å². The van der Waals surface area contributed by atoms with Crippen molar-refractivity contribution in [2.75, 3.05) is 17.2 Å². The van der Waals surface area contributed by atoms with Crippen LogP contribution in [0, 0.1) is 11.3 Å². The molecular formula is C25H17Cl2N5O2. The number of nitriles is 1. The molecule has 0 saturated carbocycles. The Hall–Kier alpha value is -3.86. The summed E-state index contributed by atoms with van der Waals surface area (Å²) in [5, 5.41) is 10.8. The highest BCUT2D eigenvalue weighted by molar-refractivity contribution is 6.33. The Morgan fingerprint density at radius 2 is 1.94 bits per heavy atom. The second kappa shape index (κ2) is 8.82. The van der Waals surface area contributed by atoms with Crippen LogP contribution in [0.3, 0.4) is 0 Å². The number of hydrogen-bond acceptors (Lipinski definition) is 6. The predicted molar refractivity (Wildman–Crippen MR) is 131 cm³/mol. The number of rotatable bonds is 4. The van der Waals surface area contributed by atoms with Gasteiger partial charge in [-0.25, -0.2) is 9.97 Å². The molecule has 1 saturated heterocycles. The zero-order chi connectivity index (χ0) is 23.8. The molecule has 1 aliphatic rings. The Balaban J connectivity index is 1.43. The van der Waals surface area contributed by atoms with Gasteiger partial charge < -0.3 is 15.4 Å². The Labute approximate surface area is 205 Å². The number of ether oxygens (including phenoxy) is 1. The van der Waals surface area contributed by atoms with Gasteiger partial charge in [-0.1, -0.05) is 35.3 Å². The van der Waals surface area contributed by atoms with Crippen LogP contribution in [0.25, 0.3) is 10.9 Å². The molecule has 9 heteroatoms. The molecule has 0 radical (unpaired) electrons. The van der Waals surface area contributed by atoms with Gasteiger partial charge in [-0.2, -0.15) is 5.26 Å². The lowest BCUT2D eigenvalue weighted by Crippen LogP contribution is -2.24. The highest BCUT2D eigenvalue weighted by Crippen LogP contribution is 2.40. The summed E-state index contributed by atoms with van der Waals surface area (Å²) in [7, 11) is 0. The molecule has 0 spiro atoms. The van der Waals surface area contributed by atoms with Crippen molar-refractivity contribution in [1.29, 1.82) is 5.26 Å². The zero-order valence-corrected chi connectivity index (χ0v) is 19.2. The fourth-order valence-corrected chi connectivity index (χ4v) is 4.44. The predicted octanol–water partition coefficient (Wildman–Crippen LogP) is 5.70. The molecule has 1 aromatic heterocycles.